The Bertz CT molecular complexity index is 947. The maximum atomic E-state index is 13.0. The van der Waals surface area contributed by atoms with Gasteiger partial charge in [-0.05, 0) is 42.8 Å². The van der Waals surface area contributed by atoms with Gasteiger partial charge in [0.15, 0.2) is 5.78 Å². The van der Waals surface area contributed by atoms with Gasteiger partial charge in [-0.15, -0.1) is 0 Å². The number of aromatic hydroxyl groups is 1. The normalized spacial score (nSPS) is 15.7. The van der Waals surface area contributed by atoms with Crippen LogP contribution in [0.2, 0.25) is 0 Å². The summed E-state index contributed by atoms with van der Waals surface area (Å²) >= 11 is 0. The maximum Gasteiger partial charge on any atom is 0.195 e. The lowest BCUT2D eigenvalue weighted by Crippen LogP contribution is -2.30. The van der Waals surface area contributed by atoms with Gasteiger partial charge in [0.05, 0.1) is 5.56 Å². The van der Waals surface area contributed by atoms with Gasteiger partial charge in [0.25, 0.3) is 0 Å². The fourth-order valence-electron chi connectivity index (χ4n) is 3.53. The van der Waals surface area contributed by atoms with Crippen LogP contribution in [0.4, 0.5) is 0 Å². The average molecular weight is 291 g/mol. The molecule has 22 heavy (non-hydrogen) atoms. The molecule has 1 aliphatic rings. The second-order valence-electron chi connectivity index (χ2n) is 6.61. The average Bonchev–Trinajstić information content (AvgIpc) is 2.85. The molecule has 3 nitrogen and oxygen atoms in total. The first-order valence-electron chi connectivity index (χ1n) is 7.40. The molecule has 0 aliphatic heterocycles. The van der Waals surface area contributed by atoms with Crippen molar-refractivity contribution in [3.8, 4) is 5.75 Å². The van der Waals surface area contributed by atoms with Crippen molar-refractivity contribution in [2.75, 3.05) is 0 Å². The Morgan fingerprint density at radius 1 is 1.09 bits per heavy atom. The molecule has 0 amide bonds. The number of rotatable bonds is 0. The van der Waals surface area contributed by atoms with Crippen molar-refractivity contribution < 1.29 is 9.90 Å². The van der Waals surface area contributed by atoms with Gasteiger partial charge in [-0.1, -0.05) is 25.5 Å². The zero-order valence-corrected chi connectivity index (χ0v) is 12.8. The van der Waals surface area contributed by atoms with Crippen molar-refractivity contribution >= 4 is 16.7 Å². The molecule has 110 valence electrons. The minimum Gasteiger partial charge on any atom is -0.508 e. The molecule has 0 radical (unpaired) electrons. The minimum absolute atomic E-state index is 0.0289. The molecule has 2 N–H and O–H groups in total. The molecule has 0 unspecified atom stereocenters. The largest absolute Gasteiger partial charge is 0.508 e. The third-order valence-electron chi connectivity index (χ3n) is 4.73. The Morgan fingerprint density at radius 3 is 2.64 bits per heavy atom. The van der Waals surface area contributed by atoms with Gasteiger partial charge in [0, 0.05) is 27.6 Å². The number of carbonyl (C=O) groups is 1. The van der Waals surface area contributed by atoms with Crippen LogP contribution in [0, 0.1) is 6.92 Å². The summed E-state index contributed by atoms with van der Waals surface area (Å²) in [5.74, 6) is 0.219. The molecule has 0 bridgehead atoms. The number of ketones is 1. The highest BCUT2D eigenvalue weighted by Gasteiger charge is 2.39. The molecule has 0 saturated carbocycles. The number of aromatic amines is 1. The molecule has 0 fully saturated rings. The molecular weight excluding hydrogens is 274 g/mol. The zero-order valence-electron chi connectivity index (χ0n) is 12.8. The van der Waals surface area contributed by atoms with Crippen LogP contribution in [0.15, 0.2) is 36.4 Å². The van der Waals surface area contributed by atoms with Crippen LogP contribution in [-0.2, 0) is 5.41 Å². The Labute approximate surface area is 128 Å². The Hall–Kier alpha value is -2.55. The summed E-state index contributed by atoms with van der Waals surface area (Å²) < 4.78 is 0. The molecule has 0 saturated heterocycles. The van der Waals surface area contributed by atoms with Gasteiger partial charge in [0.1, 0.15) is 5.75 Å². The number of phenolic OH excluding ortho intramolecular Hbond substituents is 1. The third kappa shape index (κ3) is 1.54. The lowest BCUT2D eigenvalue weighted by atomic mass is 9.71. The first kappa shape index (κ1) is 13.1. The van der Waals surface area contributed by atoms with Crippen molar-refractivity contribution in [3.05, 3.63) is 64.3 Å². The molecule has 0 spiro atoms. The van der Waals surface area contributed by atoms with E-state index in [0.717, 1.165) is 33.3 Å². The van der Waals surface area contributed by atoms with Crippen LogP contribution in [0.1, 0.15) is 46.6 Å². The zero-order chi connectivity index (χ0) is 15.6. The first-order chi connectivity index (χ1) is 10.4. The maximum absolute atomic E-state index is 13.0. The smallest absolute Gasteiger partial charge is 0.195 e. The quantitative estimate of drug-likeness (QED) is 0.656. The van der Waals surface area contributed by atoms with Crippen molar-refractivity contribution in [2.24, 2.45) is 0 Å². The van der Waals surface area contributed by atoms with E-state index in [2.05, 4.69) is 24.9 Å². The van der Waals surface area contributed by atoms with E-state index in [0.29, 0.717) is 5.56 Å². The number of phenols is 1. The van der Waals surface area contributed by atoms with E-state index >= 15 is 0 Å². The molecule has 1 aliphatic carbocycles. The molecule has 2 aromatic carbocycles. The summed E-state index contributed by atoms with van der Waals surface area (Å²) in [6, 6.07) is 11.1. The monoisotopic (exact) mass is 291 g/mol. The summed E-state index contributed by atoms with van der Waals surface area (Å²) in [6.07, 6.45) is 0. The number of hydrogen-bond donors (Lipinski definition) is 2. The van der Waals surface area contributed by atoms with Gasteiger partial charge in [-0.25, -0.2) is 0 Å². The summed E-state index contributed by atoms with van der Waals surface area (Å²) in [4.78, 5) is 16.4. The minimum atomic E-state index is -0.357. The van der Waals surface area contributed by atoms with Crippen LogP contribution in [-0.4, -0.2) is 15.9 Å². The highest BCUT2D eigenvalue weighted by molar-refractivity contribution is 6.20. The summed E-state index contributed by atoms with van der Waals surface area (Å²) in [6.45, 7) is 6.20. The molecule has 4 rings (SSSR count). The van der Waals surface area contributed by atoms with E-state index < -0.39 is 0 Å². The topological polar surface area (TPSA) is 53.1 Å². The number of fused-ring (bicyclic) bond motifs is 4. The molecule has 1 aromatic heterocycles. The predicted octanol–water partition coefficient (Wildman–Crippen LogP) is 4.05. The fourth-order valence-corrected chi connectivity index (χ4v) is 3.53. The van der Waals surface area contributed by atoms with E-state index in [1.807, 2.05) is 19.1 Å². The van der Waals surface area contributed by atoms with E-state index in [9.17, 15) is 9.90 Å². The number of carbonyl (C=O) groups excluding carboxylic acids is 1. The Balaban J connectivity index is 2.13. The van der Waals surface area contributed by atoms with E-state index in [1.54, 1.807) is 18.2 Å². The molecule has 0 atom stereocenters. The summed E-state index contributed by atoms with van der Waals surface area (Å²) in [5, 5.41) is 10.8. The number of benzene rings is 2. The number of H-pyrrole nitrogens is 1. The van der Waals surface area contributed by atoms with E-state index in [-0.39, 0.29) is 16.9 Å². The standard InChI is InChI=1S/C19H17NO2/c1-10-4-7-15-13(8-10)16-17(22)12-6-5-11(21)9-14(12)19(2,3)18(16)20-15/h4-9,20-21H,1-3H3. The Morgan fingerprint density at radius 2 is 1.86 bits per heavy atom. The third-order valence-corrected chi connectivity index (χ3v) is 4.73. The van der Waals surface area contributed by atoms with Crippen LogP contribution in [0.5, 0.6) is 5.75 Å². The number of nitrogens with one attached hydrogen (secondary N) is 1. The lowest BCUT2D eigenvalue weighted by Gasteiger charge is -2.32. The van der Waals surface area contributed by atoms with Crippen LogP contribution >= 0.6 is 0 Å². The van der Waals surface area contributed by atoms with Gasteiger partial charge in [-0.3, -0.25) is 4.79 Å². The second kappa shape index (κ2) is 4.01. The van der Waals surface area contributed by atoms with Crippen LogP contribution in [0.25, 0.3) is 10.9 Å². The highest BCUT2D eigenvalue weighted by Crippen LogP contribution is 2.44. The molecule has 1 heterocycles. The fraction of sp³-hybridized carbons (Fsp3) is 0.211. The molecule has 3 heteroatoms. The summed E-state index contributed by atoms with van der Waals surface area (Å²) in [5.41, 5.74) is 5.00. The number of hydrogen-bond acceptors (Lipinski definition) is 2. The first-order valence-corrected chi connectivity index (χ1v) is 7.40. The van der Waals surface area contributed by atoms with Gasteiger partial charge in [0.2, 0.25) is 0 Å². The van der Waals surface area contributed by atoms with Crippen molar-refractivity contribution in [3.63, 3.8) is 0 Å². The van der Waals surface area contributed by atoms with Crippen molar-refractivity contribution in [2.45, 2.75) is 26.2 Å². The SMILES string of the molecule is Cc1ccc2[nH]c3c(c2c1)C(=O)c1ccc(O)cc1C3(C)C. The van der Waals surface area contributed by atoms with Gasteiger partial charge in [-0.2, -0.15) is 0 Å². The second-order valence-corrected chi connectivity index (χ2v) is 6.61. The van der Waals surface area contributed by atoms with E-state index in [4.69, 9.17) is 0 Å². The molecular formula is C19H17NO2. The van der Waals surface area contributed by atoms with Crippen molar-refractivity contribution in [1.29, 1.82) is 0 Å². The predicted molar refractivity (Wildman–Crippen MR) is 86.7 cm³/mol. The lowest BCUT2D eigenvalue weighted by molar-refractivity contribution is 0.103. The van der Waals surface area contributed by atoms with E-state index in [1.165, 1.54) is 0 Å². The highest BCUT2D eigenvalue weighted by atomic mass is 16.3. The van der Waals surface area contributed by atoms with Crippen LogP contribution < -0.4 is 0 Å². The summed E-state index contributed by atoms with van der Waals surface area (Å²) in [7, 11) is 0. The van der Waals surface area contributed by atoms with Crippen molar-refractivity contribution in [1.82, 2.24) is 4.98 Å². The Kier molecular flexibility index (Phi) is 2.39. The van der Waals surface area contributed by atoms with Gasteiger partial charge < -0.3 is 10.1 Å². The number of aryl methyl sites for hydroxylation is 1. The number of aromatic nitrogens is 1. The molecule has 3 aromatic rings. The van der Waals surface area contributed by atoms with Crippen LogP contribution in [0.3, 0.4) is 0 Å². The van der Waals surface area contributed by atoms with Gasteiger partial charge >= 0.3 is 0 Å².